The van der Waals surface area contributed by atoms with Gasteiger partial charge in [0.15, 0.2) is 16.6 Å². The van der Waals surface area contributed by atoms with Crippen molar-refractivity contribution in [3.63, 3.8) is 0 Å². The highest BCUT2D eigenvalue weighted by Crippen LogP contribution is 2.36. The van der Waals surface area contributed by atoms with Crippen LogP contribution in [0.15, 0.2) is 24.4 Å². The summed E-state index contributed by atoms with van der Waals surface area (Å²) in [6, 6.07) is 5.61. The van der Waals surface area contributed by atoms with E-state index in [0.29, 0.717) is 23.2 Å². The molecule has 2 aromatic rings. The van der Waals surface area contributed by atoms with Gasteiger partial charge in [0, 0.05) is 12.1 Å². The average Bonchev–Trinajstić information content (AvgIpc) is 3.05. The summed E-state index contributed by atoms with van der Waals surface area (Å²) < 4.78 is 10.6. The number of thiazole rings is 1. The third-order valence-corrected chi connectivity index (χ3v) is 3.49. The number of benzene rings is 1. The lowest BCUT2D eigenvalue weighted by Crippen LogP contribution is -2.00. The van der Waals surface area contributed by atoms with Crippen LogP contribution in [0, 0.1) is 10.1 Å². The normalized spacial score (nSPS) is 12.4. The number of ether oxygens (including phenoxy) is 2. The van der Waals surface area contributed by atoms with Gasteiger partial charge in [-0.3, -0.25) is 10.1 Å². The summed E-state index contributed by atoms with van der Waals surface area (Å²) in [5.41, 5.74) is 0.924. The summed E-state index contributed by atoms with van der Waals surface area (Å²) in [7, 11) is 0. The van der Waals surface area contributed by atoms with Crippen LogP contribution in [0.25, 0.3) is 0 Å². The first-order chi connectivity index (χ1) is 9.24. The molecular formula is C11H9N3O4S. The minimum absolute atomic E-state index is 0.0142. The summed E-state index contributed by atoms with van der Waals surface area (Å²) >= 11 is 1.00. The van der Waals surface area contributed by atoms with E-state index in [-0.39, 0.29) is 11.8 Å². The van der Waals surface area contributed by atoms with E-state index in [1.807, 2.05) is 18.2 Å². The average molecular weight is 279 g/mol. The van der Waals surface area contributed by atoms with E-state index >= 15 is 0 Å². The molecule has 1 aliphatic rings. The van der Waals surface area contributed by atoms with E-state index in [9.17, 15) is 10.1 Å². The number of nitrogens with zero attached hydrogens (tertiary/aromatic N) is 2. The number of anilines is 1. The molecule has 1 N–H and O–H groups in total. The smallest absolute Gasteiger partial charge is 0.345 e. The lowest BCUT2D eigenvalue weighted by Gasteiger charge is -2.05. The minimum atomic E-state index is -0.458. The van der Waals surface area contributed by atoms with Crippen LogP contribution >= 0.6 is 11.3 Å². The number of nitrogens with one attached hydrogen (secondary N) is 1. The maximum Gasteiger partial charge on any atom is 0.345 e. The van der Waals surface area contributed by atoms with E-state index in [2.05, 4.69) is 10.3 Å². The second-order valence-electron chi connectivity index (χ2n) is 3.77. The topological polar surface area (TPSA) is 86.5 Å². The lowest BCUT2D eigenvalue weighted by atomic mass is 10.2. The fraction of sp³-hybridized carbons (Fsp3) is 0.182. The van der Waals surface area contributed by atoms with Crippen LogP contribution in [-0.4, -0.2) is 16.7 Å². The summed E-state index contributed by atoms with van der Waals surface area (Å²) in [5.74, 6) is 1.42. The highest BCUT2D eigenvalue weighted by molar-refractivity contribution is 7.18. The molecular weight excluding hydrogens is 270 g/mol. The maximum atomic E-state index is 10.6. The van der Waals surface area contributed by atoms with Gasteiger partial charge in [0.1, 0.15) is 6.20 Å². The first-order valence-corrected chi connectivity index (χ1v) is 6.27. The monoisotopic (exact) mass is 279 g/mol. The zero-order valence-electron chi connectivity index (χ0n) is 9.66. The number of aromatic nitrogens is 1. The molecule has 0 amide bonds. The molecule has 0 unspecified atom stereocenters. The van der Waals surface area contributed by atoms with Crippen molar-refractivity contribution in [2.45, 2.75) is 6.54 Å². The van der Waals surface area contributed by atoms with Crippen molar-refractivity contribution in [3.05, 3.63) is 40.1 Å². The predicted octanol–water partition coefficient (Wildman–Crippen LogP) is 2.39. The lowest BCUT2D eigenvalue weighted by molar-refractivity contribution is -0.380. The molecule has 7 nitrogen and oxygen atoms in total. The zero-order valence-corrected chi connectivity index (χ0v) is 10.5. The van der Waals surface area contributed by atoms with Gasteiger partial charge in [-0.1, -0.05) is 12.1 Å². The van der Waals surface area contributed by atoms with E-state index in [1.54, 1.807) is 0 Å². The first-order valence-electron chi connectivity index (χ1n) is 5.45. The van der Waals surface area contributed by atoms with Crippen molar-refractivity contribution in [1.82, 2.24) is 4.98 Å². The Morgan fingerprint density at radius 3 is 3.16 bits per heavy atom. The second-order valence-corrected chi connectivity index (χ2v) is 4.77. The standard InChI is InChI=1S/C11H9N3O4S/c15-14(16)9-5-13-11(19-9)12-4-7-2-1-3-8-10(7)18-6-17-8/h1-3,5H,4,6H2,(H,12,13). The molecule has 1 aromatic heterocycles. The van der Waals surface area contributed by atoms with E-state index in [1.165, 1.54) is 6.20 Å². The van der Waals surface area contributed by atoms with Gasteiger partial charge in [-0.2, -0.15) is 0 Å². The summed E-state index contributed by atoms with van der Waals surface area (Å²) in [4.78, 5) is 14.0. The molecule has 0 fully saturated rings. The van der Waals surface area contributed by atoms with Gasteiger partial charge in [0.05, 0.1) is 4.92 Å². The number of hydrogen-bond donors (Lipinski definition) is 1. The van der Waals surface area contributed by atoms with Crippen LogP contribution in [0.3, 0.4) is 0 Å². The van der Waals surface area contributed by atoms with Crippen LogP contribution in [0.1, 0.15) is 5.56 Å². The van der Waals surface area contributed by atoms with Gasteiger partial charge in [-0.25, -0.2) is 4.98 Å². The zero-order chi connectivity index (χ0) is 13.2. The number of para-hydroxylation sites is 1. The van der Waals surface area contributed by atoms with E-state index in [0.717, 1.165) is 16.9 Å². The Morgan fingerprint density at radius 2 is 2.37 bits per heavy atom. The largest absolute Gasteiger partial charge is 0.454 e. The van der Waals surface area contributed by atoms with Crippen molar-refractivity contribution in [1.29, 1.82) is 0 Å². The fourth-order valence-electron chi connectivity index (χ4n) is 1.73. The third-order valence-electron chi connectivity index (χ3n) is 2.58. The number of hydrogen-bond acceptors (Lipinski definition) is 7. The third kappa shape index (κ3) is 2.29. The highest BCUT2D eigenvalue weighted by atomic mass is 32.1. The van der Waals surface area contributed by atoms with Gasteiger partial charge in [0.25, 0.3) is 0 Å². The quantitative estimate of drug-likeness (QED) is 0.683. The Morgan fingerprint density at radius 1 is 1.47 bits per heavy atom. The van der Waals surface area contributed by atoms with Gasteiger partial charge in [0.2, 0.25) is 6.79 Å². The Hall–Kier alpha value is -2.35. The summed E-state index contributed by atoms with van der Waals surface area (Å²) in [5, 5.41) is 14.1. The highest BCUT2D eigenvalue weighted by Gasteiger charge is 2.17. The Kier molecular flexibility index (Phi) is 2.92. The Bertz CT molecular complexity index is 628. The number of fused-ring (bicyclic) bond motifs is 1. The molecule has 1 aliphatic heterocycles. The number of rotatable bonds is 4. The van der Waals surface area contributed by atoms with Gasteiger partial charge < -0.3 is 14.8 Å². The molecule has 0 radical (unpaired) electrons. The summed E-state index contributed by atoms with van der Waals surface area (Å²) in [6.45, 7) is 0.687. The van der Waals surface area contributed by atoms with Gasteiger partial charge in [-0.15, -0.1) is 0 Å². The maximum absolute atomic E-state index is 10.6. The SMILES string of the molecule is O=[N+]([O-])c1cnc(NCc2cccc3c2OCO3)s1. The predicted molar refractivity (Wildman–Crippen MR) is 68.7 cm³/mol. The molecule has 2 heterocycles. The first kappa shape index (κ1) is 11.7. The molecule has 0 saturated heterocycles. The van der Waals surface area contributed by atoms with Gasteiger partial charge >= 0.3 is 5.00 Å². The van der Waals surface area contributed by atoms with Crippen LogP contribution in [0.5, 0.6) is 11.5 Å². The van der Waals surface area contributed by atoms with Crippen LogP contribution in [0.2, 0.25) is 0 Å². The molecule has 3 rings (SSSR count). The Balaban J connectivity index is 1.72. The van der Waals surface area contributed by atoms with Crippen molar-refractivity contribution >= 4 is 21.5 Å². The van der Waals surface area contributed by atoms with Crippen molar-refractivity contribution in [2.75, 3.05) is 12.1 Å². The van der Waals surface area contributed by atoms with Crippen LogP contribution in [0.4, 0.5) is 10.1 Å². The minimum Gasteiger partial charge on any atom is -0.454 e. The molecule has 0 aliphatic carbocycles. The Labute approximate surface area is 112 Å². The molecule has 0 bridgehead atoms. The molecule has 0 spiro atoms. The van der Waals surface area contributed by atoms with Gasteiger partial charge in [-0.05, 0) is 17.4 Å². The summed E-state index contributed by atoms with van der Waals surface area (Å²) in [6.07, 6.45) is 1.24. The molecule has 1 aromatic carbocycles. The molecule has 98 valence electrons. The fourth-order valence-corrected chi connectivity index (χ4v) is 2.36. The molecule has 8 heteroatoms. The number of nitro groups is 1. The molecule has 0 saturated carbocycles. The molecule has 0 atom stereocenters. The van der Waals surface area contributed by atoms with Crippen molar-refractivity contribution < 1.29 is 14.4 Å². The van der Waals surface area contributed by atoms with Crippen molar-refractivity contribution in [2.24, 2.45) is 0 Å². The second kappa shape index (κ2) is 4.73. The van der Waals surface area contributed by atoms with Crippen LogP contribution < -0.4 is 14.8 Å². The van der Waals surface area contributed by atoms with E-state index < -0.39 is 4.92 Å². The van der Waals surface area contributed by atoms with Crippen molar-refractivity contribution in [3.8, 4) is 11.5 Å². The molecule has 19 heavy (non-hydrogen) atoms. The van der Waals surface area contributed by atoms with E-state index in [4.69, 9.17) is 9.47 Å². The van der Waals surface area contributed by atoms with Crippen LogP contribution in [-0.2, 0) is 6.54 Å².